The molecule has 2 N–H and O–H groups in total. The smallest absolute Gasteiger partial charge is 0.191 e. The second kappa shape index (κ2) is 13.0. The van der Waals surface area contributed by atoms with E-state index >= 15 is 0 Å². The summed E-state index contributed by atoms with van der Waals surface area (Å²) in [5, 5.41) is 11.6. The van der Waals surface area contributed by atoms with Crippen LogP contribution in [-0.2, 0) is 13.6 Å². The Morgan fingerprint density at radius 1 is 1.17 bits per heavy atom. The number of guanidine groups is 1. The summed E-state index contributed by atoms with van der Waals surface area (Å²) >= 11 is 6.33. The van der Waals surface area contributed by atoms with Crippen molar-refractivity contribution in [2.24, 2.45) is 12.0 Å². The average Bonchev–Trinajstić information content (AvgIpc) is 3.15. The molecule has 1 fully saturated rings. The first-order valence-corrected chi connectivity index (χ1v) is 10.6. The molecule has 0 unspecified atom stereocenters. The van der Waals surface area contributed by atoms with Crippen LogP contribution in [0.3, 0.4) is 0 Å². The number of benzene rings is 1. The minimum Gasteiger partial charge on any atom is -0.368 e. The van der Waals surface area contributed by atoms with E-state index in [1.54, 1.807) is 11.0 Å². The Hall–Kier alpha value is -1.59. The van der Waals surface area contributed by atoms with Gasteiger partial charge in [-0.05, 0) is 32.0 Å². The minimum absolute atomic E-state index is 0. The van der Waals surface area contributed by atoms with Crippen molar-refractivity contribution in [3.8, 4) is 0 Å². The first kappa shape index (κ1) is 24.7. The molecule has 1 aromatic heterocycles. The Balaban J connectivity index is 0.00000320. The van der Waals surface area contributed by atoms with Gasteiger partial charge in [0.05, 0.1) is 10.7 Å². The van der Waals surface area contributed by atoms with Gasteiger partial charge in [-0.1, -0.05) is 23.7 Å². The molecule has 8 nitrogen and oxygen atoms in total. The first-order chi connectivity index (χ1) is 14.2. The van der Waals surface area contributed by atoms with Crippen LogP contribution < -0.4 is 15.5 Å². The van der Waals surface area contributed by atoms with Crippen molar-refractivity contribution in [3.05, 3.63) is 41.4 Å². The summed E-state index contributed by atoms with van der Waals surface area (Å²) in [7, 11) is 1.88. The number of hydrogen-bond acceptors (Lipinski definition) is 5. The summed E-state index contributed by atoms with van der Waals surface area (Å²) in [6, 6.07) is 8.09. The van der Waals surface area contributed by atoms with Gasteiger partial charge in [0, 0.05) is 46.3 Å². The lowest BCUT2D eigenvalue weighted by atomic mass is 10.2. The summed E-state index contributed by atoms with van der Waals surface area (Å²) < 4.78 is 1.75. The predicted octanol–water partition coefficient (Wildman–Crippen LogP) is 2.35. The van der Waals surface area contributed by atoms with Crippen LogP contribution in [0.4, 0.5) is 5.69 Å². The third-order valence-corrected chi connectivity index (χ3v) is 5.36. The first-order valence-electron chi connectivity index (χ1n) is 10.2. The fraction of sp³-hybridized carbons (Fsp3) is 0.550. The minimum atomic E-state index is 0. The molecule has 3 rings (SSSR count). The van der Waals surface area contributed by atoms with Gasteiger partial charge in [-0.15, -0.1) is 24.0 Å². The van der Waals surface area contributed by atoms with Gasteiger partial charge in [-0.3, -0.25) is 9.58 Å². The molecule has 0 bridgehead atoms. The van der Waals surface area contributed by atoms with E-state index in [2.05, 4.69) is 48.5 Å². The maximum Gasteiger partial charge on any atom is 0.191 e. The van der Waals surface area contributed by atoms with Crippen LogP contribution in [0.1, 0.15) is 19.2 Å². The second-order valence-corrected chi connectivity index (χ2v) is 7.46. The van der Waals surface area contributed by atoms with Gasteiger partial charge in [-0.25, -0.2) is 9.98 Å². The number of aryl methyl sites for hydroxylation is 1. The number of hydrogen-bond donors (Lipinski definition) is 2. The van der Waals surface area contributed by atoms with Gasteiger partial charge in [0.2, 0.25) is 0 Å². The molecule has 2 heterocycles. The Kier molecular flexibility index (Phi) is 10.7. The number of aromatic nitrogens is 3. The Bertz CT molecular complexity index is 789. The fourth-order valence-electron chi connectivity index (χ4n) is 3.38. The van der Waals surface area contributed by atoms with E-state index in [-0.39, 0.29) is 24.0 Å². The highest BCUT2D eigenvalue weighted by molar-refractivity contribution is 14.0. The summed E-state index contributed by atoms with van der Waals surface area (Å²) in [4.78, 5) is 13.7. The van der Waals surface area contributed by atoms with Crippen LogP contribution >= 0.6 is 35.6 Å². The van der Waals surface area contributed by atoms with Gasteiger partial charge in [0.1, 0.15) is 18.7 Å². The molecular formula is C20H32ClIN8. The maximum atomic E-state index is 6.33. The zero-order valence-electron chi connectivity index (χ0n) is 17.7. The topological polar surface area (TPSA) is 73.6 Å². The highest BCUT2D eigenvalue weighted by atomic mass is 127. The highest BCUT2D eigenvalue weighted by Crippen LogP contribution is 2.25. The van der Waals surface area contributed by atoms with Gasteiger partial charge < -0.3 is 15.5 Å². The molecule has 2 aromatic rings. The molecule has 30 heavy (non-hydrogen) atoms. The molecule has 0 aliphatic carbocycles. The summed E-state index contributed by atoms with van der Waals surface area (Å²) in [6.45, 7) is 9.51. The molecule has 1 saturated heterocycles. The zero-order valence-corrected chi connectivity index (χ0v) is 20.8. The van der Waals surface area contributed by atoms with Crippen molar-refractivity contribution in [2.75, 3.05) is 50.7 Å². The lowest BCUT2D eigenvalue weighted by molar-refractivity contribution is 0.255. The highest BCUT2D eigenvalue weighted by Gasteiger charge is 2.18. The van der Waals surface area contributed by atoms with Crippen LogP contribution in [0.5, 0.6) is 0 Å². The monoisotopic (exact) mass is 546 g/mol. The summed E-state index contributed by atoms with van der Waals surface area (Å²) in [6.07, 6.45) is 2.62. The number of nitrogens with one attached hydrogen (secondary N) is 2. The van der Waals surface area contributed by atoms with Gasteiger partial charge in [0.15, 0.2) is 5.96 Å². The summed E-state index contributed by atoms with van der Waals surface area (Å²) in [5.74, 6) is 1.66. The SMILES string of the molecule is CCNC(=NCc1ncnn1C)NCCCN1CCN(c2ccccc2Cl)CC1.I. The third kappa shape index (κ3) is 7.28. The molecule has 0 radical (unpaired) electrons. The van der Waals surface area contributed by atoms with Crippen molar-refractivity contribution in [3.63, 3.8) is 0 Å². The molecule has 10 heteroatoms. The molecule has 166 valence electrons. The van der Waals surface area contributed by atoms with E-state index in [9.17, 15) is 0 Å². The van der Waals surface area contributed by atoms with Crippen LogP contribution in [0.15, 0.2) is 35.6 Å². The molecule has 0 saturated carbocycles. The number of piperazine rings is 1. The third-order valence-electron chi connectivity index (χ3n) is 5.04. The number of para-hydroxylation sites is 1. The van der Waals surface area contributed by atoms with E-state index < -0.39 is 0 Å². The maximum absolute atomic E-state index is 6.33. The largest absolute Gasteiger partial charge is 0.368 e. The van der Waals surface area contributed by atoms with E-state index in [0.29, 0.717) is 6.54 Å². The van der Waals surface area contributed by atoms with Crippen molar-refractivity contribution < 1.29 is 0 Å². The normalized spacial score (nSPS) is 15.0. The quantitative estimate of drug-likeness (QED) is 0.229. The number of halogens is 2. The molecule has 0 amide bonds. The molecule has 0 atom stereocenters. The van der Waals surface area contributed by atoms with Crippen molar-refractivity contribution in [2.45, 2.75) is 19.9 Å². The van der Waals surface area contributed by atoms with Gasteiger partial charge >= 0.3 is 0 Å². The van der Waals surface area contributed by atoms with Crippen molar-refractivity contribution in [1.82, 2.24) is 30.3 Å². The van der Waals surface area contributed by atoms with Crippen LogP contribution in [0, 0.1) is 0 Å². The lowest BCUT2D eigenvalue weighted by Gasteiger charge is -2.36. The molecule has 0 spiro atoms. The second-order valence-electron chi connectivity index (χ2n) is 7.06. The van der Waals surface area contributed by atoms with Crippen molar-refractivity contribution in [1.29, 1.82) is 0 Å². The van der Waals surface area contributed by atoms with E-state index in [1.165, 1.54) is 0 Å². The van der Waals surface area contributed by atoms with Gasteiger partial charge in [0.25, 0.3) is 0 Å². The molecule has 1 aliphatic rings. The molecular weight excluding hydrogens is 515 g/mol. The Labute approximate surface area is 201 Å². The van der Waals surface area contributed by atoms with Crippen molar-refractivity contribution >= 4 is 47.2 Å². The summed E-state index contributed by atoms with van der Waals surface area (Å²) in [5.41, 5.74) is 1.14. The molecule has 1 aromatic carbocycles. The van der Waals surface area contributed by atoms with Crippen LogP contribution in [-0.4, -0.2) is 71.4 Å². The number of aliphatic imine (C=N–C) groups is 1. The molecule has 1 aliphatic heterocycles. The Morgan fingerprint density at radius 3 is 2.60 bits per heavy atom. The fourth-order valence-corrected chi connectivity index (χ4v) is 3.64. The standard InChI is InChI=1S/C20H31ClN8.HI/c1-3-22-20(24-15-19-25-16-26-27(19)2)23-9-6-10-28-11-13-29(14-12-28)18-8-5-4-7-17(18)21;/h4-5,7-8,16H,3,6,9-15H2,1-2H3,(H2,22,23,24);1H. The predicted molar refractivity (Wildman–Crippen MR) is 134 cm³/mol. The Morgan fingerprint density at radius 2 is 1.93 bits per heavy atom. The van der Waals surface area contributed by atoms with Crippen LogP contribution in [0.25, 0.3) is 0 Å². The van der Waals surface area contributed by atoms with E-state index in [4.69, 9.17) is 11.6 Å². The van der Waals surface area contributed by atoms with Crippen LogP contribution in [0.2, 0.25) is 5.02 Å². The van der Waals surface area contributed by atoms with E-state index in [0.717, 1.165) is 74.7 Å². The van der Waals surface area contributed by atoms with Gasteiger partial charge in [-0.2, -0.15) is 5.10 Å². The van der Waals surface area contributed by atoms with E-state index in [1.807, 2.05) is 25.2 Å². The zero-order chi connectivity index (χ0) is 20.5. The number of anilines is 1. The average molecular weight is 547 g/mol. The number of rotatable bonds is 8. The number of nitrogens with zero attached hydrogens (tertiary/aromatic N) is 6. The lowest BCUT2D eigenvalue weighted by Crippen LogP contribution is -2.47.